The Kier molecular flexibility index (Phi) is 5.14. The third kappa shape index (κ3) is 3.44. The lowest BCUT2D eigenvalue weighted by Crippen LogP contribution is -2.31. The highest BCUT2D eigenvalue weighted by Gasteiger charge is 2.14. The minimum Gasteiger partial charge on any atom is -0.481 e. The first kappa shape index (κ1) is 16.0. The molecule has 1 aromatic carbocycles. The number of benzene rings is 1. The van der Waals surface area contributed by atoms with Crippen molar-refractivity contribution < 1.29 is 9.90 Å². The lowest BCUT2D eigenvalue weighted by Gasteiger charge is -2.22. The van der Waals surface area contributed by atoms with Crippen molar-refractivity contribution in [2.75, 3.05) is 18.5 Å². The molecule has 0 fully saturated rings. The summed E-state index contributed by atoms with van der Waals surface area (Å²) in [5, 5.41) is 9.41. The van der Waals surface area contributed by atoms with E-state index >= 15 is 0 Å². The van der Waals surface area contributed by atoms with Crippen molar-refractivity contribution in [3.8, 4) is 0 Å². The molecule has 118 valence electrons. The van der Waals surface area contributed by atoms with Gasteiger partial charge in [0.1, 0.15) is 0 Å². The van der Waals surface area contributed by atoms with E-state index in [1.54, 1.807) is 18.2 Å². The van der Waals surface area contributed by atoms with Gasteiger partial charge in [-0.05, 0) is 18.6 Å². The van der Waals surface area contributed by atoms with Crippen LogP contribution in [0.5, 0.6) is 0 Å². The molecule has 6 heteroatoms. The van der Waals surface area contributed by atoms with Crippen molar-refractivity contribution in [3.05, 3.63) is 34.6 Å². The molecule has 22 heavy (non-hydrogen) atoms. The fourth-order valence-corrected chi connectivity index (χ4v) is 2.35. The highest BCUT2D eigenvalue weighted by atomic mass is 16.4. The minimum atomic E-state index is -0.929. The maximum atomic E-state index is 12.6. The van der Waals surface area contributed by atoms with Gasteiger partial charge in [0.15, 0.2) is 0 Å². The average Bonchev–Trinajstić information content (AvgIpc) is 2.51. The van der Waals surface area contributed by atoms with E-state index in [0.29, 0.717) is 16.9 Å². The second-order valence-corrected chi connectivity index (χ2v) is 5.30. The molecule has 0 saturated carbocycles. The van der Waals surface area contributed by atoms with Crippen molar-refractivity contribution >= 4 is 22.8 Å². The number of aromatic nitrogens is 2. The molecule has 0 spiro atoms. The number of anilines is 1. The van der Waals surface area contributed by atoms with Crippen LogP contribution in [0.3, 0.4) is 0 Å². The Balaban J connectivity index is 2.52. The van der Waals surface area contributed by atoms with Gasteiger partial charge < -0.3 is 10.0 Å². The topological polar surface area (TPSA) is 75.4 Å². The number of aliphatic carboxylic acids is 1. The van der Waals surface area contributed by atoms with E-state index in [4.69, 9.17) is 5.11 Å². The molecule has 1 N–H and O–H groups in total. The van der Waals surface area contributed by atoms with Gasteiger partial charge in [0, 0.05) is 20.1 Å². The van der Waals surface area contributed by atoms with Gasteiger partial charge in [0.05, 0.1) is 17.3 Å². The third-order valence-electron chi connectivity index (χ3n) is 3.58. The predicted molar refractivity (Wildman–Crippen MR) is 86.4 cm³/mol. The van der Waals surface area contributed by atoms with Crippen LogP contribution >= 0.6 is 0 Å². The summed E-state index contributed by atoms with van der Waals surface area (Å²) in [7, 11) is 1.88. The first-order chi connectivity index (χ1) is 10.5. The number of unbranched alkanes of at least 4 members (excludes halogenated alkanes) is 1. The van der Waals surface area contributed by atoms with Gasteiger partial charge in [-0.2, -0.15) is 0 Å². The average molecular weight is 303 g/mol. The number of hydrogen-bond acceptors (Lipinski definition) is 4. The number of para-hydroxylation sites is 1. The highest BCUT2D eigenvalue weighted by Crippen LogP contribution is 2.15. The van der Waals surface area contributed by atoms with Crippen LogP contribution in [0.1, 0.15) is 26.2 Å². The van der Waals surface area contributed by atoms with Gasteiger partial charge >= 0.3 is 5.97 Å². The zero-order valence-corrected chi connectivity index (χ0v) is 13.0. The number of fused-ring (bicyclic) bond motifs is 1. The molecule has 2 rings (SSSR count). The molecular formula is C16H21N3O3. The van der Waals surface area contributed by atoms with Crippen LogP contribution in [0.4, 0.5) is 5.95 Å². The predicted octanol–water partition coefficient (Wildman–Crippen LogP) is 2.11. The van der Waals surface area contributed by atoms with Gasteiger partial charge in [-0.15, -0.1) is 0 Å². The normalized spacial score (nSPS) is 10.8. The van der Waals surface area contributed by atoms with Crippen molar-refractivity contribution in [1.82, 2.24) is 9.55 Å². The molecule has 0 radical (unpaired) electrons. The quantitative estimate of drug-likeness (QED) is 0.848. The van der Waals surface area contributed by atoms with Crippen molar-refractivity contribution in [2.45, 2.75) is 32.7 Å². The summed E-state index contributed by atoms with van der Waals surface area (Å²) in [6, 6.07) is 7.15. The highest BCUT2D eigenvalue weighted by molar-refractivity contribution is 5.78. The first-order valence-corrected chi connectivity index (χ1v) is 7.47. The summed E-state index contributed by atoms with van der Waals surface area (Å²) in [4.78, 5) is 30.0. The van der Waals surface area contributed by atoms with Crippen LogP contribution < -0.4 is 10.5 Å². The molecule has 0 aliphatic rings. The lowest BCUT2D eigenvalue weighted by atomic mass is 10.2. The smallest absolute Gasteiger partial charge is 0.305 e. The molecule has 0 aliphatic heterocycles. The molecular weight excluding hydrogens is 282 g/mol. The van der Waals surface area contributed by atoms with E-state index in [1.807, 2.05) is 18.0 Å². The number of carboxylic acid groups (broad SMARTS) is 1. The monoisotopic (exact) mass is 303 g/mol. The van der Waals surface area contributed by atoms with Gasteiger partial charge in [-0.3, -0.25) is 14.2 Å². The Labute approximate surface area is 129 Å². The summed E-state index contributed by atoms with van der Waals surface area (Å²) in [6.07, 6.45) is 1.92. The van der Waals surface area contributed by atoms with Crippen LogP contribution in [0.25, 0.3) is 10.9 Å². The number of carbonyl (C=O) groups is 1. The van der Waals surface area contributed by atoms with E-state index in [0.717, 1.165) is 19.4 Å². The second-order valence-electron chi connectivity index (χ2n) is 5.30. The molecule has 6 nitrogen and oxygen atoms in total. The van der Waals surface area contributed by atoms with Crippen molar-refractivity contribution in [2.24, 2.45) is 0 Å². The molecule has 0 aliphatic carbocycles. The van der Waals surface area contributed by atoms with Crippen LogP contribution in [0.15, 0.2) is 29.1 Å². The Morgan fingerprint density at radius 2 is 2.09 bits per heavy atom. The number of nitrogens with zero attached hydrogens (tertiary/aromatic N) is 3. The minimum absolute atomic E-state index is 0.103. The Morgan fingerprint density at radius 1 is 1.36 bits per heavy atom. The summed E-state index contributed by atoms with van der Waals surface area (Å²) in [6.45, 7) is 2.99. The Bertz CT molecular complexity index is 724. The SMILES string of the molecule is CCCCN(C)c1nc2ccccc2c(=O)n1CCC(=O)O. The summed E-state index contributed by atoms with van der Waals surface area (Å²) in [5.41, 5.74) is 0.447. The Hall–Kier alpha value is -2.37. The van der Waals surface area contributed by atoms with E-state index < -0.39 is 5.97 Å². The van der Waals surface area contributed by atoms with Crippen LogP contribution in [0, 0.1) is 0 Å². The second kappa shape index (κ2) is 7.06. The van der Waals surface area contributed by atoms with Gasteiger partial charge in [-0.25, -0.2) is 4.98 Å². The van der Waals surface area contributed by atoms with E-state index in [2.05, 4.69) is 11.9 Å². The maximum Gasteiger partial charge on any atom is 0.305 e. The van der Waals surface area contributed by atoms with Crippen LogP contribution in [-0.4, -0.2) is 34.2 Å². The third-order valence-corrected chi connectivity index (χ3v) is 3.58. The zero-order chi connectivity index (χ0) is 16.1. The summed E-state index contributed by atoms with van der Waals surface area (Å²) in [5.74, 6) is -0.402. The summed E-state index contributed by atoms with van der Waals surface area (Å²) >= 11 is 0. The van der Waals surface area contributed by atoms with Crippen LogP contribution in [-0.2, 0) is 11.3 Å². The van der Waals surface area contributed by atoms with Crippen molar-refractivity contribution in [3.63, 3.8) is 0 Å². The van der Waals surface area contributed by atoms with Gasteiger partial charge in [-0.1, -0.05) is 25.5 Å². The molecule has 0 atom stereocenters. The number of carboxylic acids is 1. The molecule has 1 aromatic heterocycles. The maximum absolute atomic E-state index is 12.6. The fourth-order valence-electron chi connectivity index (χ4n) is 2.35. The fraction of sp³-hybridized carbons (Fsp3) is 0.438. The van der Waals surface area contributed by atoms with E-state index in [9.17, 15) is 9.59 Å². The Morgan fingerprint density at radius 3 is 2.77 bits per heavy atom. The molecule has 0 unspecified atom stereocenters. The number of rotatable bonds is 7. The van der Waals surface area contributed by atoms with Crippen LogP contribution in [0.2, 0.25) is 0 Å². The van der Waals surface area contributed by atoms with Crippen molar-refractivity contribution in [1.29, 1.82) is 0 Å². The molecule has 1 heterocycles. The first-order valence-electron chi connectivity index (χ1n) is 7.47. The molecule has 2 aromatic rings. The van der Waals surface area contributed by atoms with Gasteiger partial charge in [0.2, 0.25) is 5.95 Å². The van der Waals surface area contributed by atoms with Gasteiger partial charge in [0.25, 0.3) is 5.56 Å². The standard InChI is InChI=1S/C16H21N3O3/c1-3-4-10-18(2)16-17-13-8-6-5-7-12(13)15(22)19(16)11-9-14(20)21/h5-8H,3-4,9-11H2,1-2H3,(H,20,21). The zero-order valence-electron chi connectivity index (χ0n) is 13.0. The summed E-state index contributed by atoms with van der Waals surface area (Å²) < 4.78 is 1.46. The van der Waals surface area contributed by atoms with E-state index in [-0.39, 0.29) is 18.5 Å². The number of hydrogen-bond donors (Lipinski definition) is 1. The largest absolute Gasteiger partial charge is 0.481 e. The molecule has 0 amide bonds. The molecule has 0 saturated heterocycles. The van der Waals surface area contributed by atoms with E-state index in [1.165, 1.54) is 4.57 Å². The molecule has 0 bridgehead atoms. The lowest BCUT2D eigenvalue weighted by molar-refractivity contribution is -0.137.